The van der Waals surface area contributed by atoms with E-state index in [0.29, 0.717) is 31.1 Å². The van der Waals surface area contributed by atoms with Crippen molar-refractivity contribution in [1.82, 2.24) is 5.32 Å². The maximum atomic E-state index is 6.26. The van der Waals surface area contributed by atoms with Crippen molar-refractivity contribution in [3.8, 4) is 11.5 Å². The van der Waals surface area contributed by atoms with Crippen molar-refractivity contribution in [2.45, 2.75) is 12.2 Å². The van der Waals surface area contributed by atoms with Crippen LogP contribution in [0.3, 0.4) is 0 Å². The molecule has 0 aliphatic carbocycles. The van der Waals surface area contributed by atoms with E-state index in [1.165, 1.54) is 5.56 Å². The summed E-state index contributed by atoms with van der Waals surface area (Å²) in [6, 6.07) is 17.9. The second-order valence-corrected chi connectivity index (χ2v) is 5.35. The fraction of sp³-hybridized carbons (Fsp3) is 0.333. The highest BCUT2D eigenvalue weighted by Crippen LogP contribution is 2.32. The molecule has 1 unspecified atom stereocenters. The van der Waals surface area contributed by atoms with E-state index in [1.807, 2.05) is 42.5 Å². The molecular weight excluding hydrogens is 314 g/mol. The summed E-state index contributed by atoms with van der Waals surface area (Å²) in [6.45, 7) is 2.10. The molecular formula is C18H22ClNO3. The van der Waals surface area contributed by atoms with Gasteiger partial charge in [-0.2, -0.15) is 0 Å². The van der Waals surface area contributed by atoms with Gasteiger partial charge in [-0.3, -0.25) is 0 Å². The molecule has 0 spiro atoms. The van der Waals surface area contributed by atoms with Crippen molar-refractivity contribution in [3.05, 3.63) is 60.2 Å². The monoisotopic (exact) mass is 335 g/mol. The minimum Gasteiger partial charge on any atom is -0.493 e. The van der Waals surface area contributed by atoms with Crippen LogP contribution in [0.2, 0.25) is 0 Å². The topological polar surface area (TPSA) is 39.7 Å². The standard InChI is InChI=1S/C18H21NO3.ClH/c1-20-16-9-5-6-10-17(16)22-18(14-19-11-12-21-18)13-15-7-3-2-4-8-15;/h2-10,19H,11-14H2,1H3;1H. The lowest BCUT2D eigenvalue weighted by Gasteiger charge is -2.38. The number of morpholine rings is 1. The van der Waals surface area contributed by atoms with Crippen LogP contribution in [0.15, 0.2) is 54.6 Å². The van der Waals surface area contributed by atoms with E-state index in [0.717, 1.165) is 6.54 Å². The van der Waals surface area contributed by atoms with Crippen molar-refractivity contribution >= 4 is 12.4 Å². The number of hydrogen-bond acceptors (Lipinski definition) is 4. The molecule has 1 atom stereocenters. The third-order valence-electron chi connectivity index (χ3n) is 3.72. The Bertz CT molecular complexity index is 600. The van der Waals surface area contributed by atoms with Gasteiger partial charge in [0.2, 0.25) is 5.79 Å². The summed E-state index contributed by atoms with van der Waals surface area (Å²) in [5.74, 6) is 0.697. The second kappa shape index (κ2) is 8.20. The van der Waals surface area contributed by atoms with E-state index < -0.39 is 5.79 Å². The molecule has 0 bridgehead atoms. The highest BCUT2D eigenvalue weighted by atomic mass is 35.5. The van der Waals surface area contributed by atoms with Crippen molar-refractivity contribution in [2.75, 3.05) is 26.8 Å². The molecule has 1 fully saturated rings. The van der Waals surface area contributed by atoms with Gasteiger partial charge < -0.3 is 19.5 Å². The summed E-state index contributed by atoms with van der Waals surface area (Å²) >= 11 is 0. The van der Waals surface area contributed by atoms with E-state index in [2.05, 4.69) is 17.4 Å². The van der Waals surface area contributed by atoms with Crippen LogP contribution >= 0.6 is 12.4 Å². The Labute approximate surface area is 143 Å². The molecule has 4 nitrogen and oxygen atoms in total. The van der Waals surface area contributed by atoms with Crippen LogP contribution in [-0.4, -0.2) is 32.6 Å². The van der Waals surface area contributed by atoms with Gasteiger partial charge in [-0.15, -0.1) is 12.4 Å². The van der Waals surface area contributed by atoms with Crippen LogP contribution in [0.25, 0.3) is 0 Å². The predicted molar refractivity (Wildman–Crippen MR) is 92.6 cm³/mol. The fourth-order valence-corrected chi connectivity index (χ4v) is 2.66. The number of methoxy groups -OCH3 is 1. The lowest BCUT2D eigenvalue weighted by molar-refractivity contribution is -0.194. The zero-order valence-corrected chi connectivity index (χ0v) is 14.0. The zero-order valence-electron chi connectivity index (χ0n) is 13.2. The third kappa shape index (κ3) is 4.38. The Balaban J connectivity index is 0.00000192. The van der Waals surface area contributed by atoms with Gasteiger partial charge in [0, 0.05) is 13.0 Å². The van der Waals surface area contributed by atoms with Crippen LogP contribution in [0, 0.1) is 0 Å². The van der Waals surface area contributed by atoms with Gasteiger partial charge in [0.05, 0.1) is 20.3 Å². The highest BCUT2D eigenvalue weighted by molar-refractivity contribution is 5.85. The maximum Gasteiger partial charge on any atom is 0.227 e. The first-order valence-electron chi connectivity index (χ1n) is 7.52. The average Bonchev–Trinajstić information content (AvgIpc) is 2.57. The average molecular weight is 336 g/mol. The van der Waals surface area contributed by atoms with Gasteiger partial charge in [-0.05, 0) is 17.7 Å². The molecule has 0 saturated carbocycles. The minimum absolute atomic E-state index is 0. The van der Waals surface area contributed by atoms with Crippen LogP contribution in [0.5, 0.6) is 11.5 Å². The third-order valence-corrected chi connectivity index (χ3v) is 3.72. The van der Waals surface area contributed by atoms with E-state index in [4.69, 9.17) is 14.2 Å². The molecule has 5 heteroatoms. The second-order valence-electron chi connectivity index (χ2n) is 5.35. The molecule has 1 aliphatic heterocycles. The number of rotatable bonds is 5. The maximum absolute atomic E-state index is 6.26. The minimum atomic E-state index is -0.714. The van der Waals surface area contributed by atoms with Gasteiger partial charge in [0.15, 0.2) is 11.5 Å². The molecule has 2 aromatic rings. The molecule has 0 aromatic heterocycles. The summed E-state index contributed by atoms with van der Waals surface area (Å²) in [6.07, 6.45) is 0.679. The van der Waals surface area contributed by atoms with Crippen molar-refractivity contribution in [2.24, 2.45) is 0 Å². The molecule has 1 aliphatic rings. The lowest BCUT2D eigenvalue weighted by Crippen LogP contribution is -2.55. The summed E-state index contributed by atoms with van der Waals surface area (Å²) < 4.78 is 17.7. The molecule has 23 heavy (non-hydrogen) atoms. The van der Waals surface area contributed by atoms with Crippen molar-refractivity contribution in [1.29, 1.82) is 0 Å². The van der Waals surface area contributed by atoms with Crippen LogP contribution < -0.4 is 14.8 Å². The number of hydrogen-bond donors (Lipinski definition) is 1. The molecule has 1 heterocycles. The molecule has 2 aromatic carbocycles. The van der Waals surface area contributed by atoms with Gasteiger partial charge in [0.25, 0.3) is 0 Å². The van der Waals surface area contributed by atoms with E-state index >= 15 is 0 Å². The molecule has 3 rings (SSSR count). The van der Waals surface area contributed by atoms with Gasteiger partial charge in [-0.25, -0.2) is 0 Å². The van der Waals surface area contributed by atoms with E-state index in [9.17, 15) is 0 Å². The summed E-state index contributed by atoms with van der Waals surface area (Å²) in [4.78, 5) is 0. The predicted octanol–water partition coefficient (Wildman–Crippen LogP) is 3.05. The number of nitrogens with one attached hydrogen (secondary N) is 1. The van der Waals surface area contributed by atoms with Crippen LogP contribution in [0.4, 0.5) is 0 Å². The smallest absolute Gasteiger partial charge is 0.227 e. The Kier molecular flexibility index (Phi) is 6.28. The lowest BCUT2D eigenvalue weighted by atomic mass is 10.0. The summed E-state index contributed by atoms with van der Waals surface area (Å²) in [7, 11) is 1.64. The zero-order chi connectivity index (χ0) is 15.3. The van der Waals surface area contributed by atoms with E-state index in [1.54, 1.807) is 7.11 Å². The molecule has 1 N–H and O–H groups in total. The summed E-state index contributed by atoms with van der Waals surface area (Å²) in [5, 5.41) is 3.36. The number of benzene rings is 2. The summed E-state index contributed by atoms with van der Waals surface area (Å²) in [5.41, 5.74) is 1.18. The Morgan fingerprint density at radius 3 is 2.39 bits per heavy atom. The van der Waals surface area contributed by atoms with Crippen molar-refractivity contribution in [3.63, 3.8) is 0 Å². The van der Waals surface area contributed by atoms with Crippen LogP contribution in [-0.2, 0) is 11.2 Å². The quantitative estimate of drug-likeness (QED) is 0.911. The first-order chi connectivity index (χ1) is 10.8. The fourth-order valence-electron chi connectivity index (χ4n) is 2.66. The Morgan fingerprint density at radius 1 is 1.04 bits per heavy atom. The SMILES string of the molecule is COc1ccccc1OC1(Cc2ccccc2)CNCCO1.Cl. The number of ether oxygens (including phenoxy) is 3. The molecule has 0 amide bonds. The first-order valence-corrected chi connectivity index (χ1v) is 7.52. The Morgan fingerprint density at radius 2 is 1.74 bits per heavy atom. The van der Waals surface area contributed by atoms with Crippen molar-refractivity contribution < 1.29 is 14.2 Å². The number of para-hydroxylation sites is 2. The van der Waals surface area contributed by atoms with Gasteiger partial charge in [-0.1, -0.05) is 42.5 Å². The largest absolute Gasteiger partial charge is 0.493 e. The van der Waals surface area contributed by atoms with Gasteiger partial charge >= 0.3 is 0 Å². The Hall–Kier alpha value is -1.75. The van der Waals surface area contributed by atoms with E-state index in [-0.39, 0.29) is 12.4 Å². The number of halogens is 1. The molecule has 124 valence electrons. The molecule has 1 saturated heterocycles. The van der Waals surface area contributed by atoms with Gasteiger partial charge in [0.1, 0.15) is 0 Å². The molecule has 0 radical (unpaired) electrons. The normalized spacial score (nSPS) is 20.4. The first kappa shape index (κ1) is 17.6. The highest BCUT2D eigenvalue weighted by Gasteiger charge is 2.36. The van der Waals surface area contributed by atoms with Crippen LogP contribution in [0.1, 0.15) is 5.56 Å².